The van der Waals surface area contributed by atoms with Crippen molar-refractivity contribution in [3.63, 3.8) is 0 Å². The molecule has 1 aliphatic heterocycles. The van der Waals surface area contributed by atoms with Crippen LogP contribution in [0.1, 0.15) is 30.1 Å². The van der Waals surface area contributed by atoms with Gasteiger partial charge in [0.25, 0.3) is 5.91 Å². The summed E-state index contributed by atoms with van der Waals surface area (Å²) in [5.74, 6) is -3.60. The molecule has 2 rings (SSSR count). The molecule has 1 aromatic carbocycles. The summed E-state index contributed by atoms with van der Waals surface area (Å²) < 4.78 is 32.8. The van der Waals surface area contributed by atoms with Gasteiger partial charge >= 0.3 is 5.69 Å². The van der Waals surface area contributed by atoms with E-state index in [1.54, 1.807) is 6.92 Å². The summed E-state index contributed by atoms with van der Waals surface area (Å²) in [4.78, 5) is 21.7. The molecule has 0 aromatic heterocycles. The lowest BCUT2D eigenvalue weighted by Gasteiger charge is -2.34. The Morgan fingerprint density at radius 1 is 1.38 bits per heavy atom. The number of benzene rings is 1. The van der Waals surface area contributed by atoms with Gasteiger partial charge in [0.1, 0.15) is 11.4 Å². The maximum atomic E-state index is 13.9. The number of carbonyl (C=O) groups excluding carboxylic acids is 1. The largest absolute Gasteiger partial charge is 0.381 e. The molecular formula is C13H14F2N2O4. The van der Waals surface area contributed by atoms with Gasteiger partial charge < -0.3 is 10.1 Å². The van der Waals surface area contributed by atoms with Crippen LogP contribution in [0.3, 0.4) is 0 Å². The molecule has 6 nitrogen and oxygen atoms in total. The smallest absolute Gasteiger partial charge is 0.305 e. The molecule has 0 radical (unpaired) electrons. The first-order valence-electron chi connectivity index (χ1n) is 6.37. The Balaban J connectivity index is 2.30. The Morgan fingerprint density at radius 3 is 2.57 bits per heavy atom. The second kappa shape index (κ2) is 5.72. The number of hydrogen-bond donors (Lipinski definition) is 1. The van der Waals surface area contributed by atoms with E-state index in [1.165, 1.54) is 0 Å². The molecule has 1 aromatic rings. The molecule has 0 spiro atoms. The number of nitrogens with one attached hydrogen (secondary N) is 1. The van der Waals surface area contributed by atoms with Crippen LogP contribution in [0.2, 0.25) is 0 Å². The minimum Gasteiger partial charge on any atom is -0.381 e. The Morgan fingerprint density at radius 2 is 2.00 bits per heavy atom. The zero-order valence-electron chi connectivity index (χ0n) is 11.3. The van der Waals surface area contributed by atoms with Gasteiger partial charge in [-0.15, -0.1) is 0 Å². The van der Waals surface area contributed by atoms with Gasteiger partial charge in [0.05, 0.1) is 4.92 Å². The van der Waals surface area contributed by atoms with Crippen molar-refractivity contribution in [2.45, 2.75) is 25.3 Å². The molecule has 1 heterocycles. The summed E-state index contributed by atoms with van der Waals surface area (Å²) in [5, 5.41) is 13.2. The van der Waals surface area contributed by atoms with Crippen LogP contribution in [-0.4, -0.2) is 29.6 Å². The summed E-state index contributed by atoms with van der Waals surface area (Å²) >= 11 is 0. The highest BCUT2D eigenvalue weighted by atomic mass is 19.1. The number of nitrogens with zero attached hydrogens (tertiary/aromatic N) is 1. The second-order valence-corrected chi connectivity index (χ2v) is 5.14. The van der Waals surface area contributed by atoms with Crippen molar-refractivity contribution in [1.82, 2.24) is 5.32 Å². The number of nitro benzene ring substituents is 1. The van der Waals surface area contributed by atoms with Crippen LogP contribution in [0.4, 0.5) is 14.5 Å². The van der Waals surface area contributed by atoms with Gasteiger partial charge in [-0.3, -0.25) is 14.9 Å². The van der Waals surface area contributed by atoms with Crippen molar-refractivity contribution in [1.29, 1.82) is 0 Å². The third-order valence-electron chi connectivity index (χ3n) is 3.51. The van der Waals surface area contributed by atoms with Crippen molar-refractivity contribution in [3.05, 3.63) is 39.4 Å². The molecule has 0 atom stereocenters. The van der Waals surface area contributed by atoms with E-state index < -0.39 is 39.3 Å². The summed E-state index contributed by atoms with van der Waals surface area (Å²) in [7, 11) is 0. The van der Waals surface area contributed by atoms with Crippen LogP contribution >= 0.6 is 0 Å². The van der Waals surface area contributed by atoms with Gasteiger partial charge in [0.15, 0.2) is 0 Å². The Bertz CT molecular complexity index is 586. The van der Waals surface area contributed by atoms with Gasteiger partial charge in [0, 0.05) is 24.8 Å². The van der Waals surface area contributed by atoms with E-state index in [0.29, 0.717) is 38.2 Å². The lowest BCUT2D eigenvalue weighted by molar-refractivity contribution is -0.387. The number of halogens is 2. The molecule has 0 saturated carbocycles. The van der Waals surface area contributed by atoms with Crippen LogP contribution in [0, 0.1) is 21.7 Å². The third kappa shape index (κ3) is 3.15. The fourth-order valence-corrected chi connectivity index (χ4v) is 2.17. The minimum atomic E-state index is -1.46. The second-order valence-electron chi connectivity index (χ2n) is 5.14. The molecule has 0 bridgehead atoms. The zero-order chi connectivity index (χ0) is 15.6. The van der Waals surface area contributed by atoms with Gasteiger partial charge in [-0.25, -0.2) is 4.39 Å². The average Bonchev–Trinajstić information content (AvgIpc) is 2.38. The normalized spacial score (nSPS) is 17.3. The first-order valence-corrected chi connectivity index (χ1v) is 6.37. The number of nitro groups is 1. The first kappa shape index (κ1) is 15.3. The first-order chi connectivity index (χ1) is 9.84. The molecule has 1 N–H and O–H groups in total. The van der Waals surface area contributed by atoms with E-state index in [1.807, 2.05) is 0 Å². The summed E-state index contributed by atoms with van der Waals surface area (Å²) in [5.41, 5.74) is -2.52. The highest BCUT2D eigenvalue weighted by Crippen LogP contribution is 2.25. The fourth-order valence-electron chi connectivity index (χ4n) is 2.17. The van der Waals surface area contributed by atoms with Crippen molar-refractivity contribution in [3.8, 4) is 0 Å². The van der Waals surface area contributed by atoms with Crippen molar-refractivity contribution in [2.75, 3.05) is 13.2 Å². The fraction of sp³-hybridized carbons (Fsp3) is 0.462. The minimum absolute atomic E-state index is 0.427. The molecule has 8 heteroatoms. The van der Waals surface area contributed by atoms with Crippen LogP contribution in [0.25, 0.3) is 0 Å². The van der Waals surface area contributed by atoms with E-state index in [9.17, 15) is 23.7 Å². The predicted molar refractivity (Wildman–Crippen MR) is 68.9 cm³/mol. The van der Waals surface area contributed by atoms with Crippen molar-refractivity contribution < 1.29 is 23.2 Å². The molecule has 1 saturated heterocycles. The van der Waals surface area contributed by atoms with E-state index >= 15 is 0 Å². The Labute approximate surface area is 119 Å². The van der Waals surface area contributed by atoms with Crippen LogP contribution in [0.5, 0.6) is 0 Å². The lowest BCUT2D eigenvalue weighted by atomic mass is 9.92. The maximum absolute atomic E-state index is 13.9. The number of hydrogen-bond acceptors (Lipinski definition) is 4. The SMILES string of the molecule is CC1(NC(=O)c2c(F)ccc([N+](=O)[O-])c2F)CCOCC1. The monoisotopic (exact) mass is 300 g/mol. The van der Waals surface area contributed by atoms with Crippen molar-refractivity contribution in [2.24, 2.45) is 0 Å². The standard InChI is InChI=1S/C13H14F2N2O4/c1-13(4-6-21-7-5-13)16-12(18)10-8(14)2-3-9(11(10)15)17(19)20/h2-3H,4-7H2,1H3,(H,16,18). The molecule has 21 heavy (non-hydrogen) atoms. The molecule has 1 fully saturated rings. The predicted octanol–water partition coefficient (Wildman–Crippen LogP) is 2.17. The summed E-state index contributed by atoms with van der Waals surface area (Å²) in [6.07, 6.45) is 0.994. The van der Waals surface area contributed by atoms with E-state index in [4.69, 9.17) is 4.74 Å². The van der Waals surface area contributed by atoms with Crippen LogP contribution < -0.4 is 5.32 Å². The molecule has 1 aliphatic rings. The highest BCUT2D eigenvalue weighted by molar-refractivity contribution is 5.96. The number of ether oxygens (including phenoxy) is 1. The van der Waals surface area contributed by atoms with Gasteiger partial charge in [-0.05, 0) is 25.8 Å². The van der Waals surface area contributed by atoms with Gasteiger partial charge in [0.2, 0.25) is 5.82 Å². The molecular weight excluding hydrogens is 286 g/mol. The Hall–Kier alpha value is -2.09. The number of carbonyl (C=O) groups is 1. The summed E-state index contributed by atoms with van der Waals surface area (Å²) in [6, 6.07) is 1.40. The lowest BCUT2D eigenvalue weighted by Crippen LogP contribution is -2.50. The van der Waals surface area contributed by atoms with E-state index in [-0.39, 0.29) is 0 Å². The summed E-state index contributed by atoms with van der Waals surface area (Å²) in [6.45, 7) is 2.59. The molecule has 0 aliphatic carbocycles. The van der Waals surface area contributed by atoms with Gasteiger partial charge in [-0.1, -0.05) is 0 Å². The Kier molecular flexibility index (Phi) is 4.17. The number of rotatable bonds is 3. The van der Waals surface area contributed by atoms with Crippen LogP contribution in [-0.2, 0) is 4.74 Å². The van der Waals surface area contributed by atoms with Crippen molar-refractivity contribution >= 4 is 11.6 Å². The maximum Gasteiger partial charge on any atom is 0.305 e. The molecule has 0 unspecified atom stereocenters. The molecule has 114 valence electrons. The zero-order valence-corrected chi connectivity index (χ0v) is 11.3. The van der Waals surface area contributed by atoms with Gasteiger partial charge in [-0.2, -0.15) is 4.39 Å². The average molecular weight is 300 g/mol. The topological polar surface area (TPSA) is 81.5 Å². The quantitative estimate of drug-likeness (QED) is 0.685. The van der Waals surface area contributed by atoms with E-state index in [2.05, 4.69) is 5.32 Å². The molecule has 1 amide bonds. The van der Waals surface area contributed by atoms with Crippen LogP contribution in [0.15, 0.2) is 12.1 Å². The highest BCUT2D eigenvalue weighted by Gasteiger charge is 2.33. The number of amides is 1. The van der Waals surface area contributed by atoms with E-state index in [0.717, 1.165) is 0 Å². The third-order valence-corrected chi connectivity index (χ3v) is 3.51.